The molecule has 0 aliphatic rings. The molecule has 2 N–H and O–H groups in total. The van der Waals surface area contributed by atoms with Gasteiger partial charge < -0.3 is 10.3 Å². The van der Waals surface area contributed by atoms with Crippen molar-refractivity contribution in [1.29, 1.82) is 0 Å². The number of hydrogen-bond donors (Lipinski definition) is 2. The molecule has 0 fully saturated rings. The van der Waals surface area contributed by atoms with E-state index in [1.165, 1.54) is 12.1 Å². The van der Waals surface area contributed by atoms with Crippen LogP contribution >= 0.6 is 0 Å². The largest absolute Gasteiger partial charge is 0.350 e. The van der Waals surface area contributed by atoms with Crippen LogP contribution in [0.25, 0.3) is 10.9 Å². The van der Waals surface area contributed by atoms with E-state index in [4.69, 9.17) is 0 Å². The van der Waals surface area contributed by atoms with Gasteiger partial charge in [-0.3, -0.25) is 9.78 Å². The van der Waals surface area contributed by atoms with Crippen LogP contribution in [0.3, 0.4) is 0 Å². The molecule has 1 amide bonds. The standard InChI is InChI=1S/C16H14FN3O/c1-10(13-6-2-3-8-18-13)19-16(21)15-9-11-12(17)5-4-7-14(11)20-15/h2-10,20H,1H3,(H,19,21). The number of fused-ring (bicyclic) bond motifs is 1. The fourth-order valence-electron chi connectivity index (χ4n) is 2.22. The van der Waals surface area contributed by atoms with E-state index >= 15 is 0 Å². The highest BCUT2D eigenvalue weighted by Gasteiger charge is 2.15. The van der Waals surface area contributed by atoms with Crippen LogP contribution in [0.4, 0.5) is 4.39 Å². The summed E-state index contributed by atoms with van der Waals surface area (Å²) in [5, 5.41) is 3.25. The molecule has 1 unspecified atom stereocenters. The van der Waals surface area contributed by atoms with Crippen molar-refractivity contribution in [2.24, 2.45) is 0 Å². The maximum absolute atomic E-state index is 13.6. The van der Waals surface area contributed by atoms with E-state index in [0.29, 0.717) is 16.6 Å². The first-order chi connectivity index (χ1) is 10.1. The van der Waals surface area contributed by atoms with Gasteiger partial charge in [0.15, 0.2) is 0 Å². The lowest BCUT2D eigenvalue weighted by atomic mass is 10.2. The molecule has 2 heterocycles. The molecule has 0 saturated heterocycles. The van der Waals surface area contributed by atoms with Crippen LogP contribution in [0, 0.1) is 5.82 Å². The van der Waals surface area contributed by atoms with Gasteiger partial charge in [-0.1, -0.05) is 12.1 Å². The van der Waals surface area contributed by atoms with E-state index in [1.807, 2.05) is 25.1 Å². The predicted molar refractivity (Wildman–Crippen MR) is 78.4 cm³/mol. The summed E-state index contributed by atoms with van der Waals surface area (Å²) in [7, 11) is 0. The first-order valence-electron chi connectivity index (χ1n) is 6.64. The van der Waals surface area contributed by atoms with E-state index in [-0.39, 0.29) is 17.8 Å². The second-order valence-electron chi connectivity index (χ2n) is 4.83. The topological polar surface area (TPSA) is 57.8 Å². The molecule has 5 heteroatoms. The van der Waals surface area contributed by atoms with Crippen molar-refractivity contribution in [1.82, 2.24) is 15.3 Å². The molecule has 0 saturated carbocycles. The number of hydrogen-bond acceptors (Lipinski definition) is 2. The number of carbonyl (C=O) groups is 1. The highest BCUT2D eigenvalue weighted by atomic mass is 19.1. The normalized spacial score (nSPS) is 12.3. The summed E-state index contributed by atoms with van der Waals surface area (Å²) in [6.45, 7) is 1.85. The van der Waals surface area contributed by atoms with E-state index in [2.05, 4.69) is 15.3 Å². The van der Waals surface area contributed by atoms with Crippen LogP contribution in [-0.4, -0.2) is 15.9 Å². The molecule has 4 nitrogen and oxygen atoms in total. The second kappa shape index (κ2) is 5.36. The van der Waals surface area contributed by atoms with E-state index in [1.54, 1.807) is 18.3 Å². The lowest BCUT2D eigenvalue weighted by Crippen LogP contribution is -2.27. The van der Waals surface area contributed by atoms with Crippen LogP contribution < -0.4 is 5.32 Å². The molecule has 106 valence electrons. The van der Waals surface area contributed by atoms with Gasteiger partial charge in [0, 0.05) is 17.1 Å². The number of H-pyrrole nitrogens is 1. The molecular formula is C16H14FN3O. The minimum absolute atomic E-state index is 0.227. The number of nitrogens with one attached hydrogen (secondary N) is 2. The van der Waals surface area contributed by atoms with Crippen LogP contribution in [0.2, 0.25) is 0 Å². The van der Waals surface area contributed by atoms with E-state index < -0.39 is 0 Å². The quantitative estimate of drug-likeness (QED) is 0.775. The van der Waals surface area contributed by atoms with Crippen LogP contribution in [0.5, 0.6) is 0 Å². The zero-order chi connectivity index (χ0) is 14.8. The third-order valence-corrected chi connectivity index (χ3v) is 3.33. The Morgan fingerprint density at radius 2 is 2.14 bits per heavy atom. The monoisotopic (exact) mass is 283 g/mol. The highest BCUT2D eigenvalue weighted by Crippen LogP contribution is 2.19. The lowest BCUT2D eigenvalue weighted by molar-refractivity contribution is 0.0935. The van der Waals surface area contributed by atoms with Gasteiger partial charge in [0.1, 0.15) is 11.5 Å². The van der Waals surface area contributed by atoms with Gasteiger partial charge in [0.2, 0.25) is 0 Å². The van der Waals surface area contributed by atoms with Gasteiger partial charge in [-0.25, -0.2) is 4.39 Å². The summed E-state index contributed by atoms with van der Waals surface area (Å²) in [4.78, 5) is 19.3. The number of pyridine rings is 1. The number of amides is 1. The average molecular weight is 283 g/mol. The molecular weight excluding hydrogens is 269 g/mol. The van der Waals surface area contributed by atoms with E-state index in [9.17, 15) is 9.18 Å². The Bertz CT molecular complexity index is 783. The summed E-state index contributed by atoms with van der Waals surface area (Å²) in [6.07, 6.45) is 1.68. The Hall–Kier alpha value is -2.69. The molecule has 0 bridgehead atoms. The number of aromatic amines is 1. The number of nitrogens with zero attached hydrogens (tertiary/aromatic N) is 1. The lowest BCUT2D eigenvalue weighted by Gasteiger charge is -2.12. The second-order valence-corrected chi connectivity index (χ2v) is 4.83. The number of rotatable bonds is 3. The molecule has 0 radical (unpaired) electrons. The van der Waals surface area contributed by atoms with Gasteiger partial charge in [0.25, 0.3) is 5.91 Å². The van der Waals surface area contributed by atoms with Gasteiger partial charge in [-0.2, -0.15) is 0 Å². The minimum Gasteiger partial charge on any atom is -0.350 e. The van der Waals surface area contributed by atoms with Gasteiger partial charge in [-0.15, -0.1) is 0 Å². The first-order valence-corrected chi connectivity index (χ1v) is 6.64. The Morgan fingerprint density at radius 3 is 2.86 bits per heavy atom. The summed E-state index contributed by atoms with van der Waals surface area (Å²) < 4.78 is 13.6. The molecule has 1 aromatic carbocycles. The van der Waals surface area contributed by atoms with Crippen molar-refractivity contribution in [2.45, 2.75) is 13.0 Å². The summed E-state index contributed by atoms with van der Waals surface area (Å²) in [6, 6.07) is 11.5. The van der Waals surface area contributed by atoms with Crippen molar-refractivity contribution < 1.29 is 9.18 Å². The van der Waals surface area contributed by atoms with E-state index in [0.717, 1.165) is 5.69 Å². The van der Waals surface area contributed by atoms with Crippen molar-refractivity contribution in [3.05, 3.63) is 65.9 Å². The summed E-state index contributed by atoms with van der Waals surface area (Å²) in [5.74, 6) is -0.635. The summed E-state index contributed by atoms with van der Waals surface area (Å²) >= 11 is 0. The number of aromatic nitrogens is 2. The van der Waals surface area contributed by atoms with Gasteiger partial charge in [-0.05, 0) is 37.3 Å². The van der Waals surface area contributed by atoms with Crippen LogP contribution in [0.1, 0.15) is 29.1 Å². The predicted octanol–water partition coefficient (Wildman–Crippen LogP) is 3.19. The smallest absolute Gasteiger partial charge is 0.268 e. The maximum atomic E-state index is 13.6. The molecule has 0 spiro atoms. The zero-order valence-corrected chi connectivity index (χ0v) is 11.4. The maximum Gasteiger partial charge on any atom is 0.268 e. The minimum atomic E-state index is -0.347. The molecule has 21 heavy (non-hydrogen) atoms. The summed E-state index contributed by atoms with van der Waals surface area (Å²) in [5.41, 5.74) is 1.71. The molecule has 0 aliphatic carbocycles. The SMILES string of the molecule is CC(NC(=O)c1cc2c(F)cccc2[nH]1)c1ccccn1. The Labute approximate surface area is 121 Å². The number of carbonyl (C=O) groups excluding carboxylic acids is 1. The highest BCUT2D eigenvalue weighted by molar-refractivity contribution is 5.98. The van der Waals surface area contributed by atoms with Gasteiger partial charge in [0.05, 0.1) is 11.7 Å². The van der Waals surface area contributed by atoms with Gasteiger partial charge >= 0.3 is 0 Å². The molecule has 3 rings (SSSR count). The Balaban J connectivity index is 1.82. The fourth-order valence-corrected chi connectivity index (χ4v) is 2.22. The van der Waals surface area contributed by atoms with Crippen LogP contribution in [-0.2, 0) is 0 Å². The number of benzene rings is 1. The molecule has 3 aromatic rings. The average Bonchev–Trinajstić information content (AvgIpc) is 2.94. The third-order valence-electron chi connectivity index (χ3n) is 3.33. The fraction of sp³-hybridized carbons (Fsp3) is 0.125. The van der Waals surface area contributed by atoms with Crippen LogP contribution in [0.15, 0.2) is 48.7 Å². The Kier molecular flexibility index (Phi) is 3.39. The van der Waals surface area contributed by atoms with Crippen molar-refractivity contribution in [3.8, 4) is 0 Å². The van der Waals surface area contributed by atoms with Crippen molar-refractivity contribution in [3.63, 3.8) is 0 Å². The van der Waals surface area contributed by atoms with Crippen molar-refractivity contribution >= 4 is 16.8 Å². The third kappa shape index (κ3) is 2.63. The molecule has 2 aromatic heterocycles. The first kappa shape index (κ1) is 13.3. The zero-order valence-electron chi connectivity index (χ0n) is 11.4. The number of halogens is 1. The molecule has 1 atom stereocenters. The molecule has 0 aliphatic heterocycles. The Morgan fingerprint density at radius 1 is 1.29 bits per heavy atom. The van der Waals surface area contributed by atoms with Crippen molar-refractivity contribution in [2.75, 3.05) is 0 Å².